The van der Waals surface area contributed by atoms with Crippen LogP contribution in [0.1, 0.15) is 59.1 Å². The van der Waals surface area contributed by atoms with Gasteiger partial charge in [-0.15, -0.1) is 0 Å². The quantitative estimate of drug-likeness (QED) is 0.307. The zero-order chi connectivity index (χ0) is 24.2. The largest absolute Gasteiger partial charge is 0.494 e. The second-order valence-electron chi connectivity index (χ2n) is 7.65. The Bertz CT molecular complexity index is 1030. The van der Waals surface area contributed by atoms with Crippen LogP contribution in [-0.2, 0) is 9.47 Å². The van der Waals surface area contributed by atoms with Gasteiger partial charge >= 0.3 is 11.9 Å². The topological polar surface area (TPSA) is 71.1 Å². The SMILES string of the molecule is CCCOc1ccc(C(=O)OCC(OC(=O)c2ccc(OCCC)cc2)c2ccccc2)cc1. The summed E-state index contributed by atoms with van der Waals surface area (Å²) in [6.45, 7) is 5.17. The van der Waals surface area contributed by atoms with E-state index in [1.807, 2.05) is 44.2 Å². The van der Waals surface area contributed by atoms with Gasteiger partial charge in [0.05, 0.1) is 24.3 Å². The number of rotatable bonds is 12. The normalized spacial score (nSPS) is 11.4. The summed E-state index contributed by atoms with van der Waals surface area (Å²) in [4.78, 5) is 25.3. The lowest BCUT2D eigenvalue weighted by atomic mass is 10.1. The van der Waals surface area contributed by atoms with E-state index in [4.69, 9.17) is 18.9 Å². The minimum atomic E-state index is -0.749. The van der Waals surface area contributed by atoms with Crippen LogP contribution in [0.3, 0.4) is 0 Å². The van der Waals surface area contributed by atoms with Gasteiger partial charge in [0.2, 0.25) is 0 Å². The fourth-order valence-corrected chi connectivity index (χ4v) is 3.11. The molecule has 0 bridgehead atoms. The first-order valence-corrected chi connectivity index (χ1v) is 11.5. The maximum Gasteiger partial charge on any atom is 0.338 e. The van der Waals surface area contributed by atoms with E-state index in [-0.39, 0.29) is 6.61 Å². The van der Waals surface area contributed by atoms with Crippen molar-refractivity contribution in [3.63, 3.8) is 0 Å². The van der Waals surface area contributed by atoms with E-state index in [2.05, 4.69) is 0 Å². The molecule has 1 atom stereocenters. The van der Waals surface area contributed by atoms with Crippen molar-refractivity contribution in [2.45, 2.75) is 32.8 Å². The van der Waals surface area contributed by atoms with Gasteiger partial charge in [0.15, 0.2) is 6.10 Å². The molecule has 0 amide bonds. The van der Waals surface area contributed by atoms with E-state index in [0.29, 0.717) is 35.8 Å². The molecule has 0 N–H and O–H groups in total. The number of esters is 2. The average molecular weight is 463 g/mol. The maximum atomic E-state index is 12.8. The zero-order valence-corrected chi connectivity index (χ0v) is 19.6. The van der Waals surface area contributed by atoms with Crippen LogP contribution < -0.4 is 9.47 Å². The van der Waals surface area contributed by atoms with Gasteiger partial charge in [-0.25, -0.2) is 9.59 Å². The summed E-state index contributed by atoms with van der Waals surface area (Å²) >= 11 is 0. The molecule has 6 nitrogen and oxygen atoms in total. The molecular formula is C28H30O6. The zero-order valence-electron chi connectivity index (χ0n) is 19.6. The first kappa shape index (κ1) is 24.8. The third-order valence-electron chi connectivity index (χ3n) is 4.91. The lowest BCUT2D eigenvalue weighted by molar-refractivity contribution is -0.00134. The lowest BCUT2D eigenvalue weighted by Gasteiger charge is -2.19. The van der Waals surface area contributed by atoms with Crippen LogP contribution in [-0.4, -0.2) is 31.8 Å². The molecule has 0 fully saturated rings. The molecule has 0 aliphatic rings. The van der Waals surface area contributed by atoms with Crippen molar-refractivity contribution < 1.29 is 28.5 Å². The van der Waals surface area contributed by atoms with Crippen LogP contribution in [0.2, 0.25) is 0 Å². The van der Waals surface area contributed by atoms with Crippen LogP contribution in [0.5, 0.6) is 11.5 Å². The van der Waals surface area contributed by atoms with Crippen molar-refractivity contribution in [2.24, 2.45) is 0 Å². The Balaban J connectivity index is 1.64. The molecule has 0 aliphatic carbocycles. The first-order valence-electron chi connectivity index (χ1n) is 11.5. The molecule has 3 aromatic rings. The molecule has 0 aliphatic heterocycles. The molecule has 3 aromatic carbocycles. The Morgan fingerprint density at radius 3 is 1.68 bits per heavy atom. The van der Waals surface area contributed by atoms with E-state index < -0.39 is 18.0 Å². The molecule has 0 saturated heterocycles. The minimum Gasteiger partial charge on any atom is -0.494 e. The van der Waals surface area contributed by atoms with Crippen LogP contribution in [0.25, 0.3) is 0 Å². The van der Waals surface area contributed by atoms with Gasteiger partial charge < -0.3 is 18.9 Å². The Morgan fingerprint density at radius 1 is 0.676 bits per heavy atom. The first-order chi connectivity index (χ1) is 16.6. The van der Waals surface area contributed by atoms with Gasteiger partial charge in [0.25, 0.3) is 0 Å². The molecule has 6 heteroatoms. The van der Waals surface area contributed by atoms with Crippen molar-refractivity contribution >= 4 is 11.9 Å². The highest BCUT2D eigenvalue weighted by molar-refractivity contribution is 5.90. The Hall–Kier alpha value is -3.80. The Kier molecular flexibility index (Phi) is 9.52. The predicted molar refractivity (Wildman–Crippen MR) is 129 cm³/mol. The van der Waals surface area contributed by atoms with Gasteiger partial charge in [-0.1, -0.05) is 44.2 Å². The molecular weight excluding hydrogens is 432 g/mol. The third kappa shape index (κ3) is 7.37. The highest BCUT2D eigenvalue weighted by atomic mass is 16.6. The van der Waals surface area contributed by atoms with Gasteiger partial charge in [-0.05, 0) is 66.9 Å². The molecule has 0 aromatic heterocycles. The fraction of sp³-hybridized carbons (Fsp3) is 0.286. The maximum absolute atomic E-state index is 12.8. The molecule has 0 saturated carbocycles. The molecule has 1 unspecified atom stereocenters. The lowest BCUT2D eigenvalue weighted by Crippen LogP contribution is -2.19. The minimum absolute atomic E-state index is 0.111. The molecule has 0 heterocycles. The highest BCUT2D eigenvalue weighted by Gasteiger charge is 2.21. The predicted octanol–water partition coefficient (Wildman–Crippen LogP) is 6.02. The summed E-state index contributed by atoms with van der Waals surface area (Å²) in [5.74, 6) is 0.375. The molecule has 3 rings (SSSR count). The van der Waals surface area contributed by atoms with Gasteiger partial charge in [-0.3, -0.25) is 0 Å². The van der Waals surface area contributed by atoms with Crippen LogP contribution in [0, 0.1) is 0 Å². The number of carbonyl (C=O) groups is 2. The number of benzene rings is 3. The second-order valence-corrected chi connectivity index (χ2v) is 7.65. The summed E-state index contributed by atoms with van der Waals surface area (Å²) in [5.41, 5.74) is 1.51. The van der Waals surface area contributed by atoms with E-state index in [9.17, 15) is 9.59 Å². The average Bonchev–Trinajstić information content (AvgIpc) is 2.89. The van der Waals surface area contributed by atoms with Gasteiger partial charge in [0.1, 0.15) is 18.1 Å². The monoisotopic (exact) mass is 462 g/mol. The summed E-state index contributed by atoms with van der Waals surface area (Å²) in [6, 6.07) is 22.7. The van der Waals surface area contributed by atoms with E-state index in [0.717, 1.165) is 18.4 Å². The van der Waals surface area contributed by atoms with E-state index in [1.165, 1.54) is 0 Å². The number of carbonyl (C=O) groups excluding carboxylic acids is 2. The molecule has 0 radical (unpaired) electrons. The van der Waals surface area contributed by atoms with Crippen LogP contribution in [0.15, 0.2) is 78.9 Å². The summed E-state index contributed by atoms with van der Waals surface area (Å²) in [7, 11) is 0. The molecule has 178 valence electrons. The smallest absolute Gasteiger partial charge is 0.338 e. The van der Waals surface area contributed by atoms with Crippen molar-refractivity contribution in [3.05, 3.63) is 95.6 Å². The molecule has 34 heavy (non-hydrogen) atoms. The standard InChI is InChI=1S/C28H30O6/c1-3-18-31-24-14-10-22(11-15-24)27(29)33-20-26(21-8-6-5-7-9-21)34-28(30)23-12-16-25(17-13-23)32-19-4-2/h5-17,26H,3-4,18-20H2,1-2H3. The number of hydrogen-bond acceptors (Lipinski definition) is 6. The van der Waals surface area contributed by atoms with Gasteiger partial charge in [-0.2, -0.15) is 0 Å². The van der Waals surface area contributed by atoms with Crippen molar-refractivity contribution in [1.82, 2.24) is 0 Å². The van der Waals surface area contributed by atoms with Crippen LogP contribution >= 0.6 is 0 Å². The second kappa shape index (κ2) is 13.0. The van der Waals surface area contributed by atoms with Crippen molar-refractivity contribution in [3.8, 4) is 11.5 Å². The van der Waals surface area contributed by atoms with Crippen molar-refractivity contribution in [2.75, 3.05) is 19.8 Å². The summed E-state index contributed by atoms with van der Waals surface area (Å²) in [5, 5.41) is 0. The van der Waals surface area contributed by atoms with Crippen molar-refractivity contribution in [1.29, 1.82) is 0 Å². The van der Waals surface area contributed by atoms with Gasteiger partial charge in [0, 0.05) is 0 Å². The Labute approximate surface area is 200 Å². The Morgan fingerprint density at radius 2 is 1.18 bits per heavy atom. The fourth-order valence-electron chi connectivity index (χ4n) is 3.11. The third-order valence-corrected chi connectivity index (χ3v) is 4.91. The molecule has 0 spiro atoms. The number of ether oxygens (including phenoxy) is 4. The van der Waals surface area contributed by atoms with Crippen LogP contribution in [0.4, 0.5) is 0 Å². The van der Waals surface area contributed by atoms with E-state index in [1.54, 1.807) is 48.5 Å². The summed E-state index contributed by atoms with van der Waals surface area (Å²) in [6.07, 6.45) is 1.05. The number of hydrogen-bond donors (Lipinski definition) is 0. The summed E-state index contributed by atoms with van der Waals surface area (Å²) < 4.78 is 22.3. The van der Waals surface area contributed by atoms with E-state index >= 15 is 0 Å². The highest BCUT2D eigenvalue weighted by Crippen LogP contribution is 2.22.